The molecule has 0 bridgehead atoms. The van der Waals surface area contributed by atoms with E-state index in [9.17, 15) is 0 Å². The third kappa shape index (κ3) is 2.40. The molecule has 0 amide bonds. The number of hydrogen-bond acceptors (Lipinski definition) is 3. The van der Waals surface area contributed by atoms with E-state index in [1.807, 2.05) is 35.0 Å². The molecule has 0 aliphatic heterocycles. The molecule has 0 aliphatic rings. The van der Waals surface area contributed by atoms with Gasteiger partial charge >= 0.3 is 0 Å². The maximum absolute atomic E-state index is 6.32. The highest BCUT2D eigenvalue weighted by Crippen LogP contribution is 2.30. The molecule has 1 aromatic carbocycles. The number of benzene rings is 1. The van der Waals surface area contributed by atoms with E-state index in [0.29, 0.717) is 5.02 Å². The number of halogens is 1. The molecule has 0 saturated heterocycles. The second-order valence-electron chi connectivity index (χ2n) is 4.48. The Balaban J connectivity index is 1.96. The van der Waals surface area contributed by atoms with Gasteiger partial charge in [0.05, 0.1) is 34.5 Å². The average molecular weight is 288 g/mol. The average Bonchev–Trinajstić information content (AvgIpc) is 3.12. The number of rotatable bonds is 4. The molecule has 0 spiro atoms. The van der Waals surface area contributed by atoms with Crippen LogP contribution in [0.3, 0.4) is 0 Å². The van der Waals surface area contributed by atoms with Crippen LogP contribution in [0.1, 0.15) is 18.7 Å². The molecule has 0 aliphatic carbocycles. The van der Waals surface area contributed by atoms with Gasteiger partial charge in [-0.05, 0) is 25.1 Å². The van der Waals surface area contributed by atoms with E-state index < -0.39 is 0 Å². The standard InChI is InChI=1S/C14H14ClN5/c1-10(12-5-6-17-19-12)18-13-4-2-3-11(15)14(13)20-8-7-16-9-20/h2-10,18H,1H3,(H,17,19). The van der Waals surface area contributed by atoms with Crippen LogP contribution in [-0.2, 0) is 0 Å². The van der Waals surface area contributed by atoms with Gasteiger partial charge in [0.25, 0.3) is 0 Å². The Labute approximate surface area is 121 Å². The second-order valence-corrected chi connectivity index (χ2v) is 4.89. The van der Waals surface area contributed by atoms with Crippen LogP contribution in [-0.4, -0.2) is 19.7 Å². The van der Waals surface area contributed by atoms with Crippen molar-refractivity contribution < 1.29 is 0 Å². The first-order valence-corrected chi connectivity index (χ1v) is 6.66. The van der Waals surface area contributed by atoms with E-state index in [4.69, 9.17) is 11.6 Å². The predicted octanol–water partition coefficient (Wildman–Crippen LogP) is 3.42. The Morgan fingerprint density at radius 3 is 2.90 bits per heavy atom. The van der Waals surface area contributed by atoms with E-state index in [1.165, 1.54) is 0 Å². The van der Waals surface area contributed by atoms with Crippen molar-refractivity contribution in [2.45, 2.75) is 13.0 Å². The highest BCUT2D eigenvalue weighted by atomic mass is 35.5. The van der Waals surface area contributed by atoms with Crippen molar-refractivity contribution in [1.29, 1.82) is 0 Å². The second kappa shape index (κ2) is 5.38. The Bertz CT molecular complexity index is 676. The van der Waals surface area contributed by atoms with Crippen LogP contribution in [0.25, 0.3) is 5.69 Å². The van der Waals surface area contributed by atoms with Gasteiger partial charge in [0, 0.05) is 18.6 Å². The molecule has 0 fully saturated rings. The maximum atomic E-state index is 6.32. The highest BCUT2D eigenvalue weighted by Gasteiger charge is 2.12. The summed E-state index contributed by atoms with van der Waals surface area (Å²) < 4.78 is 1.89. The Morgan fingerprint density at radius 2 is 2.20 bits per heavy atom. The first-order chi connectivity index (χ1) is 9.75. The van der Waals surface area contributed by atoms with Gasteiger partial charge in [-0.3, -0.25) is 5.10 Å². The topological polar surface area (TPSA) is 58.5 Å². The van der Waals surface area contributed by atoms with Crippen molar-refractivity contribution in [3.63, 3.8) is 0 Å². The lowest BCUT2D eigenvalue weighted by Gasteiger charge is -2.18. The summed E-state index contributed by atoms with van der Waals surface area (Å²) in [6.07, 6.45) is 7.06. The fraction of sp³-hybridized carbons (Fsp3) is 0.143. The lowest BCUT2D eigenvalue weighted by atomic mass is 10.2. The fourth-order valence-electron chi connectivity index (χ4n) is 2.10. The molecule has 3 aromatic rings. The van der Waals surface area contributed by atoms with E-state index in [1.54, 1.807) is 18.7 Å². The van der Waals surface area contributed by atoms with Crippen LogP contribution in [0.5, 0.6) is 0 Å². The van der Waals surface area contributed by atoms with Crippen molar-refractivity contribution in [2.24, 2.45) is 0 Å². The van der Waals surface area contributed by atoms with Crippen molar-refractivity contribution in [2.75, 3.05) is 5.32 Å². The monoisotopic (exact) mass is 287 g/mol. The van der Waals surface area contributed by atoms with Crippen molar-refractivity contribution in [3.8, 4) is 5.69 Å². The van der Waals surface area contributed by atoms with Crippen LogP contribution in [0, 0.1) is 0 Å². The number of para-hydroxylation sites is 1. The minimum absolute atomic E-state index is 0.0956. The minimum Gasteiger partial charge on any atom is -0.375 e. The SMILES string of the molecule is CC(Nc1cccc(Cl)c1-n1ccnc1)c1ccn[nH]1. The number of hydrogen-bond donors (Lipinski definition) is 2. The van der Waals surface area contributed by atoms with Crippen LogP contribution in [0.2, 0.25) is 5.02 Å². The van der Waals surface area contributed by atoms with Gasteiger partial charge in [-0.15, -0.1) is 0 Å². The van der Waals surface area contributed by atoms with E-state index >= 15 is 0 Å². The molecule has 2 N–H and O–H groups in total. The maximum Gasteiger partial charge on any atom is 0.0992 e. The van der Waals surface area contributed by atoms with Gasteiger partial charge in [0.2, 0.25) is 0 Å². The van der Waals surface area contributed by atoms with E-state index in [0.717, 1.165) is 17.1 Å². The summed E-state index contributed by atoms with van der Waals surface area (Å²) in [5, 5.41) is 11.0. The van der Waals surface area contributed by atoms with Crippen molar-refractivity contribution in [3.05, 3.63) is 59.9 Å². The minimum atomic E-state index is 0.0956. The van der Waals surface area contributed by atoms with E-state index in [-0.39, 0.29) is 6.04 Å². The highest BCUT2D eigenvalue weighted by molar-refractivity contribution is 6.33. The Kier molecular flexibility index (Phi) is 3.43. The summed E-state index contributed by atoms with van der Waals surface area (Å²) in [5.41, 5.74) is 2.84. The molecule has 1 atom stereocenters. The van der Waals surface area contributed by atoms with Crippen LogP contribution >= 0.6 is 11.6 Å². The van der Waals surface area contributed by atoms with Crippen molar-refractivity contribution in [1.82, 2.24) is 19.7 Å². The Hall–Kier alpha value is -2.27. The normalized spacial score (nSPS) is 12.3. The molecule has 0 radical (unpaired) electrons. The van der Waals surface area contributed by atoms with Gasteiger partial charge in [0.1, 0.15) is 0 Å². The molecule has 2 aromatic heterocycles. The van der Waals surface area contributed by atoms with Crippen LogP contribution in [0.15, 0.2) is 49.2 Å². The third-order valence-corrected chi connectivity index (χ3v) is 3.42. The molecule has 6 heteroatoms. The molecule has 3 rings (SSSR count). The van der Waals surface area contributed by atoms with Gasteiger partial charge in [0.15, 0.2) is 0 Å². The molecule has 2 heterocycles. The lowest BCUT2D eigenvalue weighted by molar-refractivity contribution is 0.823. The zero-order valence-electron chi connectivity index (χ0n) is 10.9. The van der Waals surface area contributed by atoms with E-state index in [2.05, 4.69) is 27.4 Å². The molecule has 5 nitrogen and oxygen atoms in total. The lowest BCUT2D eigenvalue weighted by Crippen LogP contribution is -2.09. The largest absolute Gasteiger partial charge is 0.375 e. The van der Waals surface area contributed by atoms with Gasteiger partial charge < -0.3 is 9.88 Å². The summed E-state index contributed by atoms with van der Waals surface area (Å²) in [5.74, 6) is 0. The smallest absolute Gasteiger partial charge is 0.0992 e. The predicted molar refractivity (Wildman–Crippen MR) is 79.2 cm³/mol. The molecule has 0 saturated carbocycles. The zero-order chi connectivity index (χ0) is 13.9. The van der Waals surface area contributed by atoms with Gasteiger partial charge in [-0.25, -0.2) is 4.98 Å². The number of nitrogens with one attached hydrogen (secondary N) is 2. The molecule has 102 valence electrons. The fourth-order valence-corrected chi connectivity index (χ4v) is 2.38. The molecule has 20 heavy (non-hydrogen) atoms. The zero-order valence-corrected chi connectivity index (χ0v) is 11.7. The molecule has 1 unspecified atom stereocenters. The summed E-state index contributed by atoms with van der Waals surface area (Å²) in [6, 6.07) is 7.82. The number of aromatic amines is 1. The summed E-state index contributed by atoms with van der Waals surface area (Å²) in [6.45, 7) is 2.06. The number of imidazole rings is 1. The molecular formula is C14H14ClN5. The summed E-state index contributed by atoms with van der Waals surface area (Å²) >= 11 is 6.32. The summed E-state index contributed by atoms with van der Waals surface area (Å²) in [7, 11) is 0. The number of H-pyrrole nitrogens is 1. The molecular weight excluding hydrogens is 274 g/mol. The number of anilines is 1. The van der Waals surface area contributed by atoms with Crippen molar-refractivity contribution >= 4 is 17.3 Å². The van der Waals surface area contributed by atoms with Crippen LogP contribution < -0.4 is 5.32 Å². The van der Waals surface area contributed by atoms with Gasteiger partial charge in [-0.2, -0.15) is 5.10 Å². The Morgan fingerprint density at radius 1 is 1.30 bits per heavy atom. The number of nitrogens with zero attached hydrogens (tertiary/aromatic N) is 3. The first-order valence-electron chi connectivity index (χ1n) is 6.28. The quantitative estimate of drug-likeness (QED) is 0.773. The van der Waals surface area contributed by atoms with Gasteiger partial charge in [-0.1, -0.05) is 17.7 Å². The summed E-state index contributed by atoms with van der Waals surface area (Å²) in [4.78, 5) is 4.07. The first kappa shape index (κ1) is 12.7. The number of aromatic nitrogens is 4. The third-order valence-electron chi connectivity index (χ3n) is 3.11. The van der Waals surface area contributed by atoms with Crippen LogP contribution in [0.4, 0.5) is 5.69 Å².